The summed E-state index contributed by atoms with van der Waals surface area (Å²) in [7, 11) is 0. The Labute approximate surface area is 125 Å². The molecule has 0 radical (unpaired) electrons. The van der Waals surface area contributed by atoms with E-state index in [0.29, 0.717) is 19.4 Å². The quantitative estimate of drug-likeness (QED) is 0.930. The van der Waals surface area contributed by atoms with E-state index in [2.05, 4.69) is 12.1 Å². The lowest BCUT2D eigenvalue weighted by atomic mass is 9.95. The van der Waals surface area contributed by atoms with Gasteiger partial charge in [0.15, 0.2) is 0 Å². The van der Waals surface area contributed by atoms with E-state index < -0.39 is 12.0 Å². The summed E-state index contributed by atoms with van der Waals surface area (Å²) in [6, 6.07) is 3.48. The number of carboxylic acids is 1. The Morgan fingerprint density at radius 3 is 2.38 bits per heavy atom. The first-order valence-electron chi connectivity index (χ1n) is 7.49. The summed E-state index contributed by atoms with van der Waals surface area (Å²) in [6.45, 7) is 6.61. The van der Waals surface area contributed by atoms with Crippen LogP contribution in [0, 0.1) is 20.8 Å². The zero-order valence-corrected chi connectivity index (χ0v) is 13.0. The lowest BCUT2D eigenvalue weighted by Gasteiger charge is -2.33. The van der Waals surface area contributed by atoms with Gasteiger partial charge < -0.3 is 10.0 Å². The first-order chi connectivity index (χ1) is 9.90. The minimum atomic E-state index is -0.889. The van der Waals surface area contributed by atoms with Crippen molar-refractivity contribution in [3.63, 3.8) is 0 Å². The van der Waals surface area contributed by atoms with Crippen molar-refractivity contribution in [1.29, 1.82) is 0 Å². The van der Waals surface area contributed by atoms with Gasteiger partial charge in [-0.25, -0.2) is 4.79 Å². The Morgan fingerprint density at radius 2 is 1.81 bits per heavy atom. The number of carbonyl (C=O) groups excluding carboxylic acids is 1. The highest BCUT2D eigenvalue weighted by Gasteiger charge is 2.31. The molecular weight excluding hydrogens is 266 g/mol. The van der Waals surface area contributed by atoms with Gasteiger partial charge in [0.2, 0.25) is 5.91 Å². The molecule has 1 aromatic rings. The second-order valence-corrected chi connectivity index (χ2v) is 5.99. The molecule has 0 bridgehead atoms. The topological polar surface area (TPSA) is 57.6 Å². The fourth-order valence-electron chi connectivity index (χ4n) is 3.23. The smallest absolute Gasteiger partial charge is 0.326 e. The van der Waals surface area contributed by atoms with Crippen molar-refractivity contribution in [2.45, 2.75) is 52.5 Å². The largest absolute Gasteiger partial charge is 0.480 e. The molecule has 4 nitrogen and oxygen atoms in total. The zero-order valence-electron chi connectivity index (χ0n) is 13.0. The molecule has 1 aromatic carbocycles. The Kier molecular flexibility index (Phi) is 4.66. The predicted octanol–water partition coefficient (Wildman–Crippen LogP) is 2.62. The van der Waals surface area contributed by atoms with E-state index in [4.69, 9.17) is 0 Å². The number of aliphatic carboxylic acids is 1. The van der Waals surface area contributed by atoms with Gasteiger partial charge in [-0.3, -0.25) is 4.79 Å². The van der Waals surface area contributed by atoms with E-state index in [1.54, 1.807) is 4.90 Å². The van der Waals surface area contributed by atoms with Crippen LogP contribution in [0.4, 0.5) is 0 Å². The number of piperidine rings is 1. The monoisotopic (exact) mass is 289 g/mol. The highest BCUT2D eigenvalue weighted by atomic mass is 16.4. The minimum absolute atomic E-state index is 0.0721. The maximum atomic E-state index is 12.5. The molecule has 1 saturated heterocycles. The molecular formula is C17H23NO3. The van der Waals surface area contributed by atoms with Crippen LogP contribution in [0.3, 0.4) is 0 Å². The number of hydrogen-bond donors (Lipinski definition) is 1. The molecule has 1 atom stereocenters. The first kappa shape index (κ1) is 15.5. The standard InChI is InChI=1S/C17H23NO3/c1-11-8-12(2)14(13(3)9-11)10-16(19)18-7-5-4-6-15(18)17(20)21/h8-9,15H,4-7,10H2,1-3H3,(H,20,21)/t15-/m1/s1. The predicted molar refractivity (Wildman–Crippen MR) is 81.3 cm³/mol. The number of amides is 1. The van der Waals surface area contributed by atoms with Crippen LogP contribution in [0.25, 0.3) is 0 Å². The van der Waals surface area contributed by atoms with Crippen molar-refractivity contribution in [2.75, 3.05) is 6.54 Å². The highest BCUT2D eigenvalue weighted by molar-refractivity contribution is 5.85. The molecule has 1 heterocycles. The van der Waals surface area contributed by atoms with Crippen LogP contribution in [-0.2, 0) is 16.0 Å². The van der Waals surface area contributed by atoms with E-state index >= 15 is 0 Å². The molecule has 0 unspecified atom stereocenters. The van der Waals surface area contributed by atoms with Crippen LogP contribution in [0.15, 0.2) is 12.1 Å². The Hall–Kier alpha value is -1.84. The van der Waals surface area contributed by atoms with Gasteiger partial charge in [0, 0.05) is 6.54 Å². The summed E-state index contributed by atoms with van der Waals surface area (Å²) in [5.41, 5.74) is 4.41. The Bertz CT molecular complexity index is 542. The number of benzene rings is 1. The Balaban J connectivity index is 2.19. The summed E-state index contributed by atoms with van der Waals surface area (Å²) in [6.07, 6.45) is 2.62. The number of carboxylic acid groups (broad SMARTS) is 1. The van der Waals surface area contributed by atoms with E-state index in [1.165, 1.54) is 5.56 Å². The second-order valence-electron chi connectivity index (χ2n) is 5.99. The number of likely N-dealkylation sites (tertiary alicyclic amines) is 1. The zero-order chi connectivity index (χ0) is 15.6. The number of rotatable bonds is 3. The molecule has 0 aromatic heterocycles. The van der Waals surface area contributed by atoms with E-state index in [9.17, 15) is 14.7 Å². The maximum Gasteiger partial charge on any atom is 0.326 e. The minimum Gasteiger partial charge on any atom is -0.480 e. The molecule has 1 fully saturated rings. The number of carbonyl (C=O) groups is 2. The summed E-state index contributed by atoms with van der Waals surface area (Å²) in [5, 5.41) is 9.28. The van der Waals surface area contributed by atoms with Crippen molar-refractivity contribution in [1.82, 2.24) is 4.90 Å². The van der Waals surface area contributed by atoms with Crippen LogP contribution in [0.2, 0.25) is 0 Å². The van der Waals surface area contributed by atoms with Gasteiger partial charge >= 0.3 is 5.97 Å². The fraction of sp³-hybridized carbons (Fsp3) is 0.529. The van der Waals surface area contributed by atoms with Crippen molar-refractivity contribution in [3.05, 3.63) is 34.4 Å². The molecule has 21 heavy (non-hydrogen) atoms. The van der Waals surface area contributed by atoms with Gasteiger partial charge in [0.1, 0.15) is 6.04 Å². The van der Waals surface area contributed by atoms with Gasteiger partial charge in [-0.05, 0) is 56.7 Å². The molecule has 1 N–H and O–H groups in total. The summed E-state index contributed by atoms with van der Waals surface area (Å²) >= 11 is 0. The molecule has 2 rings (SSSR count). The van der Waals surface area contributed by atoms with E-state index in [-0.39, 0.29) is 5.91 Å². The number of aryl methyl sites for hydroxylation is 3. The summed E-state index contributed by atoms with van der Waals surface area (Å²) < 4.78 is 0. The molecule has 1 aliphatic rings. The van der Waals surface area contributed by atoms with Gasteiger partial charge in [-0.1, -0.05) is 17.7 Å². The number of hydrogen-bond acceptors (Lipinski definition) is 2. The summed E-state index contributed by atoms with van der Waals surface area (Å²) in [4.78, 5) is 25.4. The summed E-state index contributed by atoms with van der Waals surface area (Å²) in [5.74, 6) is -0.961. The average Bonchev–Trinajstić information content (AvgIpc) is 2.42. The van der Waals surface area contributed by atoms with Crippen LogP contribution in [0.1, 0.15) is 41.5 Å². The van der Waals surface area contributed by atoms with Crippen LogP contribution < -0.4 is 0 Å². The van der Waals surface area contributed by atoms with Crippen LogP contribution in [0.5, 0.6) is 0 Å². The van der Waals surface area contributed by atoms with Crippen molar-refractivity contribution in [2.24, 2.45) is 0 Å². The first-order valence-corrected chi connectivity index (χ1v) is 7.49. The van der Waals surface area contributed by atoms with Crippen molar-refractivity contribution < 1.29 is 14.7 Å². The third-order valence-corrected chi connectivity index (χ3v) is 4.28. The van der Waals surface area contributed by atoms with Gasteiger partial charge in [0.25, 0.3) is 0 Å². The second kappa shape index (κ2) is 6.29. The molecule has 0 spiro atoms. The number of nitrogens with zero attached hydrogens (tertiary/aromatic N) is 1. The molecule has 0 saturated carbocycles. The third kappa shape index (κ3) is 3.43. The van der Waals surface area contributed by atoms with Gasteiger partial charge in [-0.15, -0.1) is 0 Å². The molecule has 0 aliphatic carbocycles. The Morgan fingerprint density at radius 1 is 1.19 bits per heavy atom. The molecule has 114 valence electrons. The van der Waals surface area contributed by atoms with Crippen LogP contribution in [-0.4, -0.2) is 34.5 Å². The van der Waals surface area contributed by atoms with Gasteiger partial charge in [0.05, 0.1) is 6.42 Å². The van der Waals surface area contributed by atoms with Crippen molar-refractivity contribution in [3.8, 4) is 0 Å². The average molecular weight is 289 g/mol. The van der Waals surface area contributed by atoms with Crippen LogP contribution >= 0.6 is 0 Å². The maximum absolute atomic E-state index is 12.5. The van der Waals surface area contributed by atoms with Gasteiger partial charge in [-0.2, -0.15) is 0 Å². The van der Waals surface area contributed by atoms with E-state index in [1.807, 2.05) is 20.8 Å². The molecule has 4 heteroatoms. The third-order valence-electron chi connectivity index (χ3n) is 4.28. The lowest BCUT2D eigenvalue weighted by Crippen LogP contribution is -2.48. The fourth-order valence-corrected chi connectivity index (χ4v) is 3.23. The van der Waals surface area contributed by atoms with Crippen molar-refractivity contribution >= 4 is 11.9 Å². The van der Waals surface area contributed by atoms with E-state index in [0.717, 1.165) is 29.5 Å². The normalized spacial score (nSPS) is 18.6. The SMILES string of the molecule is Cc1cc(C)c(CC(=O)N2CCCC[C@@H]2C(=O)O)c(C)c1. The molecule has 1 amide bonds. The highest BCUT2D eigenvalue weighted by Crippen LogP contribution is 2.21. The molecule has 1 aliphatic heterocycles. The lowest BCUT2D eigenvalue weighted by molar-refractivity contribution is -0.151.